The van der Waals surface area contributed by atoms with Gasteiger partial charge in [-0.05, 0) is 68.2 Å². The van der Waals surface area contributed by atoms with Gasteiger partial charge in [0.15, 0.2) is 0 Å². The normalized spacial score (nSPS) is 23.0. The van der Waals surface area contributed by atoms with Gasteiger partial charge in [-0.1, -0.05) is 43.5 Å². The molecule has 0 radical (unpaired) electrons. The largest absolute Gasteiger partial charge is 0.338 e. The summed E-state index contributed by atoms with van der Waals surface area (Å²) in [5, 5.41) is 0. The van der Waals surface area contributed by atoms with E-state index in [1.165, 1.54) is 75.7 Å². The van der Waals surface area contributed by atoms with Crippen LogP contribution in [-0.2, 0) is 17.8 Å². The quantitative estimate of drug-likeness (QED) is 0.807. The van der Waals surface area contributed by atoms with E-state index < -0.39 is 0 Å². The number of amides is 1. The maximum absolute atomic E-state index is 12.8. The molecule has 0 spiro atoms. The first-order valence-corrected chi connectivity index (χ1v) is 10.8. The number of hydrogen-bond donors (Lipinski definition) is 0. The van der Waals surface area contributed by atoms with Gasteiger partial charge >= 0.3 is 0 Å². The zero-order valence-corrected chi connectivity index (χ0v) is 16.2. The lowest BCUT2D eigenvalue weighted by Crippen LogP contribution is -2.40. The van der Waals surface area contributed by atoms with Gasteiger partial charge in [-0.2, -0.15) is 0 Å². The highest BCUT2D eigenvalue weighted by Gasteiger charge is 2.27. The number of carbonyl (C=O) groups is 1. The molecule has 3 nitrogen and oxygen atoms in total. The predicted molar refractivity (Wildman–Crippen MR) is 106 cm³/mol. The van der Waals surface area contributed by atoms with Crippen LogP contribution < -0.4 is 0 Å². The number of nitrogens with zero attached hydrogens (tertiary/aromatic N) is 2. The van der Waals surface area contributed by atoms with Crippen molar-refractivity contribution in [3.05, 3.63) is 35.4 Å². The summed E-state index contributed by atoms with van der Waals surface area (Å²) in [7, 11) is 0. The molecule has 26 heavy (non-hydrogen) atoms. The fraction of sp³-hybridized carbons (Fsp3) is 0.696. The van der Waals surface area contributed by atoms with E-state index in [2.05, 4.69) is 34.1 Å². The van der Waals surface area contributed by atoms with Gasteiger partial charge in [0.25, 0.3) is 0 Å². The Morgan fingerprint density at radius 1 is 0.885 bits per heavy atom. The first kappa shape index (κ1) is 18.0. The van der Waals surface area contributed by atoms with Gasteiger partial charge in [0.2, 0.25) is 5.91 Å². The summed E-state index contributed by atoms with van der Waals surface area (Å²) in [4.78, 5) is 17.6. The first-order valence-electron chi connectivity index (χ1n) is 10.8. The third-order valence-electron chi connectivity index (χ3n) is 6.89. The topological polar surface area (TPSA) is 23.6 Å². The van der Waals surface area contributed by atoms with Crippen LogP contribution in [0.2, 0.25) is 0 Å². The van der Waals surface area contributed by atoms with Crippen molar-refractivity contribution in [2.24, 2.45) is 11.8 Å². The van der Waals surface area contributed by atoms with Crippen molar-refractivity contribution in [2.45, 2.75) is 64.3 Å². The number of fused-ring (bicyclic) bond motifs is 1. The van der Waals surface area contributed by atoms with Crippen molar-refractivity contribution >= 4 is 5.91 Å². The number of benzene rings is 1. The molecule has 1 aromatic rings. The van der Waals surface area contributed by atoms with Crippen molar-refractivity contribution in [3.8, 4) is 0 Å². The zero-order chi connectivity index (χ0) is 17.8. The van der Waals surface area contributed by atoms with E-state index in [1.54, 1.807) is 0 Å². The average Bonchev–Trinajstić information content (AvgIpc) is 2.70. The van der Waals surface area contributed by atoms with Crippen molar-refractivity contribution < 1.29 is 4.79 Å². The lowest BCUT2D eigenvalue weighted by atomic mass is 9.87. The predicted octanol–water partition coefficient (Wildman–Crippen LogP) is 4.25. The van der Waals surface area contributed by atoms with E-state index in [0.717, 1.165) is 31.8 Å². The van der Waals surface area contributed by atoms with Crippen molar-refractivity contribution in [1.82, 2.24) is 9.80 Å². The molecule has 1 saturated carbocycles. The number of piperidine rings is 1. The molecule has 1 aromatic carbocycles. The summed E-state index contributed by atoms with van der Waals surface area (Å²) in [5.74, 6) is 1.92. The highest BCUT2D eigenvalue weighted by atomic mass is 16.2. The van der Waals surface area contributed by atoms with Crippen molar-refractivity contribution in [1.29, 1.82) is 0 Å². The fourth-order valence-electron chi connectivity index (χ4n) is 5.19. The highest BCUT2D eigenvalue weighted by molar-refractivity contribution is 5.76. The van der Waals surface area contributed by atoms with E-state index in [0.29, 0.717) is 11.8 Å². The van der Waals surface area contributed by atoms with Crippen LogP contribution in [0.15, 0.2) is 24.3 Å². The van der Waals surface area contributed by atoms with Crippen LogP contribution in [0.25, 0.3) is 0 Å². The summed E-state index contributed by atoms with van der Waals surface area (Å²) in [6.45, 7) is 5.43. The van der Waals surface area contributed by atoms with Gasteiger partial charge in [0.05, 0.1) is 0 Å². The molecule has 0 N–H and O–H groups in total. The van der Waals surface area contributed by atoms with Gasteiger partial charge in [-0.25, -0.2) is 0 Å². The van der Waals surface area contributed by atoms with E-state index in [9.17, 15) is 4.79 Å². The van der Waals surface area contributed by atoms with Crippen LogP contribution in [0.3, 0.4) is 0 Å². The molecule has 3 aliphatic rings. The summed E-state index contributed by atoms with van der Waals surface area (Å²) in [5.41, 5.74) is 2.77. The van der Waals surface area contributed by atoms with Crippen molar-refractivity contribution in [2.75, 3.05) is 26.2 Å². The monoisotopic (exact) mass is 354 g/mol. The van der Waals surface area contributed by atoms with Gasteiger partial charge in [-0.15, -0.1) is 0 Å². The number of rotatable bonds is 4. The average molecular weight is 355 g/mol. The Morgan fingerprint density at radius 2 is 1.62 bits per heavy atom. The van der Waals surface area contributed by atoms with Gasteiger partial charge < -0.3 is 9.80 Å². The summed E-state index contributed by atoms with van der Waals surface area (Å²) < 4.78 is 0. The number of hydrogen-bond acceptors (Lipinski definition) is 2. The third-order valence-corrected chi connectivity index (χ3v) is 6.89. The molecule has 2 aliphatic heterocycles. The molecule has 4 rings (SSSR count). The zero-order valence-electron chi connectivity index (χ0n) is 16.2. The lowest BCUT2D eigenvalue weighted by molar-refractivity contribution is -0.133. The lowest BCUT2D eigenvalue weighted by Gasteiger charge is -2.36. The summed E-state index contributed by atoms with van der Waals surface area (Å²) in [6, 6.07) is 8.59. The molecule has 0 bridgehead atoms. The van der Waals surface area contributed by atoms with E-state index >= 15 is 0 Å². The maximum atomic E-state index is 12.8. The molecule has 142 valence electrons. The Labute approximate surface area is 158 Å². The van der Waals surface area contributed by atoms with E-state index in [-0.39, 0.29) is 0 Å². The second-order valence-electron chi connectivity index (χ2n) is 8.79. The molecule has 0 atom stereocenters. The van der Waals surface area contributed by atoms with Gasteiger partial charge in [0.1, 0.15) is 0 Å². The first-order chi connectivity index (χ1) is 12.8. The molecule has 0 aromatic heterocycles. The van der Waals surface area contributed by atoms with Crippen molar-refractivity contribution in [3.63, 3.8) is 0 Å². The smallest absolute Gasteiger partial charge is 0.223 e. The van der Waals surface area contributed by atoms with Crippen LogP contribution >= 0.6 is 0 Å². The SMILES string of the molecule is O=C(CC1CCN(CC2CCCCC2)CC1)N1CCc2ccccc2C1. The fourth-order valence-corrected chi connectivity index (χ4v) is 5.19. The molecular formula is C23H34N2O. The maximum Gasteiger partial charge on any atom is 0.223 e. The molecule has 1 saturated heterocycles. The Morgan fingerprint density at radius 3 is 2.38 bits per heavy atom. The Balaban J connectivity index is 1.21. The van der Waals surface area contributed by atoms with Crippen LogP contribution in [0.5, 0.6) is 0 Å². The van der Waals surface area contributed by atoms with Gasteiger partial charge in [-0.3, -0.25) is 4.79 Å². The molecule has 1 aliphatic carbocycles. The second kappa shape index (κ2) is 8.56. The standard InChI is InChI=1S/C23H34N2O/c26-23(25-15-12-21-8-4-5-9-22(21)18-25)16-19-10-13-24(14-11-19)17-20-6-2-1-3-7-20/h4-5,8-9,19-20H,1-3,6-7,10-18H2. The summed E-state index contributed by atoms with van der Waals surface area (Å²) in [6.07, 6.45) is 11.4. The molecule has 1 amide bonds. The Bertz CT molecular complexity index is 600. The molecule has 2 fully saturated rings. The minimum atomic E-state index is 0.380. The summed E-state index contributed by atoms with van der Waals surface area (Å²) >= 11 is 0. The molecule has 0 unspecified atom stereocenters. The Kier molecular flexibility index (Phi) is 5.94. The van der Waals surface area contributed by atoms with Crippen LogP contribution in [0.1, 0.15) is 62.5 Å². The van der Waals surface area contributed by atoms with Gasteiger partial charge in [0, 0.05) is 26.1 Å². The van der Waals surface area contributed by atoms with Crippen LogP contribution in [0.4, 0.5) is 0 Å². The minimum absolute atomic E-state index is 0.380. The molecular weight excluding hydrogens is 320 g/mol. The molecule has 3 heteroatoms. The highest BCUT2D eigenvalue weighted by Crippen LogP contribution is 2.28. The van der Waals surface area contributed by atoms with E-state index in [1.807, 2.05) is 0 Å². The van der Waals surface area contributed by atoms with E-state index in [4.69, 9.17) is 0 Å². The minimum Gasteiger partial charge on any atom is -0.338 e. The number of likely N-dealkylation sites (tertiary alicyclic amines) is 1. The Hall–Kier alpha value is -1.35. The second-order valence-corrected chi connectivity index (χ2v) is 8.79. The molecule has 2 heterocycles. The number of carbonyl (C=O) groups excluding carboxylic acids is 1. The van der Waals surface area contributed by atoms with Crippen LogP contribution in [-0.4, -0.2) is 41.9 Å². The third kappa shape index (κ3) is 4.49. The van der Waals surface area contributed by atoms with Crippen LogP contribution in [0, 0.1) is 11.8 Å².